The van der Waals surface area contributed by atoms with Crippen LogP contribution in [0.5, 0.6) is 0 Å². The van der Waals surface area contributed by atoms with E-state index in [1.807, 2.05) is 0 Å². The van der Waals surface area contributed by atoms with E-state index < -0.39 is 29.5 Å². The van der Waals surface area contributed by atoms with Gasteiger partial charge in [-0.2, -0.15) is 0 Å². The van der Waals surface area contributed by atoms with E-state index in [4.69, 9.17) is 0 Å². The normalized spacial score (nSPS) is 11.6. The number of amides is 2. The first-order valence-electron chi connectivity index (χ1n) is 6.59. The van der Waals surface area contributed by atoms with Gasteiger partial charge >= 0.3 is 0 Å². The van der Waals surface area contributed by atoms with Crippen molar-refractivity contribution in [2.45, 2.75) is 13.0 Å². The second-order valence-electron chi connectivity index (χ2n) is 4.67. The summed E-state index contributed by atoms with van der Waals surface area (Å²) in [4.78, 5) is 23.8. The van der Waals surface area contributed by atoms with Gasteiger partial charge < -0.3 is 10.6 Å². The molecule has 0 radical (unpaired) electrons. The molecule has 2 aromatic carbocycles. The van der Waals surface area contributed by atoms with Gasteiger partial charge in [0.2, 0.25) is 5.91 Å². The predicted octanol–water partition coefficient (Wildman–Crippen LogP) is 2.72. The number of anilines is 1. The molecule has 2 rings (SSSR count). The Hall–Kier alpha value is -2.76. The number of hydrogen-bond acceptors (Lipinski definition) is 2. The molecular weight excluding hydrogens is 290 g/mol. The van der Waals surface area contributed by atoms with Crippen molar-refractivity contribution in [3.05, 3.63) is 65.7 Å². The average Bonchev–Trinajstić information content (AvgIpc) is 2.49. The Morgan fingerprint density at radius 2 is 1.77 bits per heavy atom. The Kier molecular flexibility index (Phi) is 4.83. The summed E-state index contributed by atoms with van der Waals surface area (Å²) in [5, 5.41) is 4.80. The third-order valence-corrected chi connectivity index (χ3v) is 2.96. The molecule has 2 amide bonds. The Bertz CT molecular complexity index is 704. The van der Waals surface area contributed by atoms with E-state index in [0.717, 1.165) is 6.07 Å². The highest BCUT2D eigenvalue weighted by atomic mass is 19.1. The zero-order valence-corrected chi connectivity index (χ0v) is 11.8. The lowest BCUT2D eigenvalue weighted by Crippen LogP contribution is -2.41. The summed E-state index contributed by atoms with van der Waals surface area (Å²) in [6.45, 7) is 1.45. The summed E-state index contributed by atoms with van der Waals surface area (Å²) in [5.41, 5.74) is 0.130. The molecule has 0 fully saturated rings. The molecule has 0 spiro atoms. The van der Waals surface area contributed by atoms with Crippen molar-refractivity contribution in [2.24, 2.45) is 0 Å². The topological polar surface area (TPSA) is 58.2 Å². The maximum Gasteiger partial charge on any atom is 0.252 e. The number of nitrogens with one attached hydrogen (secondary N) is 2. The molecule has 1 atom stereocenters. The third kappa shape index (κ3) is 3.88. The van der Waals surface area contributed by atoms with Crippen LogP contribution in [0, 0.1) is 11.6 Å². The Morgan fingerprint density at radius 1 is 1.05 bits per heavy atom. The van der Waals surface area contributed by atoms with Crippen molar-refractivity contribution < 1.29 is 18.4 Å². The van der Waals surface area contributed by atoms with E-state index in [9.17, 15) is 18.4 Å². The van der Waals surface area contributed by atoms with E-state index in [-0.39, 0.29) is 11.3 Å². The largest absolute Gasteiger partial charge is 0.341 e. The number of benzene rings is 2. The molecule has 114 valence electrons. The third-order valence-electron chi connectivity index (χ3n) is 2.96. The zero-order chi connectivity index (χ0) is 16.1. The van der Waals surface area contributed by atoms with Crippen LogP contribution in [0.25, 0.3) is 0 Å². The zero-order valence-electron chi connectivity index (χ0n) is 11.8. The van der Waals surface area contributed by atoms with Gasteiger partial charge in [0.25, 0.3) is 5.91 Å². The van der Waals surface area contributed by atoms with Crippen molar-refractivity contribution in [1.29, 1.82) is 0 Å². The van der Waals surface area contributed by atoms with Crippen molar-refractivity contribution in [1.82, 2.24) is 5.32 Å². The lowest BCUT2D eigenvalue weighted by atomic mass is 10.2. The molecule has 2 N–H and O–H groups in total. The van der Waals surface area contributed by atoms with Crippen LogP contribution in [-0.4, -0.2) is 17.9 Å². The van der Waals surface area contributed by atoms with E-state index in [0.29, 0.717) is 0 Å². The SMILES string of the molecule is C[C@@H](NC(=O)c1cccc(F)c1)C(=O)Nc1ccccc1F. The van der Waals surface area contributed by atoms with Crippen LogP contribution >= 0.6 is 0 Å². The standard InChI is InChI=1S/C16H14F2N2O2/c1-10(15(21)20-14-8-3-2-7-13(14)18)19-16(22)11-5-4-6-12(17)9-11/h2-10H,1H3,(H,19,22)(H,20,21)/t10-/m1/s1. The molecule has 0 saturated heterocycles. The molecule has 6 heteroatoms. The number of hydrogen-bond donors (Lipinski definition) is 2. The highest BCUT2D eigenvalue weighted by Crippen LogP contribution is 2.12. The monoisotopic (exact) mass is 304 g/mol. The van der Waals surface area contributed by atoms with Gasteiger partial charge in [0, 0.05) is 5.56 Å². The Morgan fingerprint density at radius 3 is 2.45 bits per heavy atom. The second kappa shape index (κ2) is 6.80. The maximum absolute atomic E-state index is 13.4. The summed E-state index contributed by atoms with van der Waals surface area (Å²) in [7, 11) is 0. The molecule has 0 bridgehead atoms. The van der Waals surface area contributed by atoms with Crippen LogP contribution < -0.4 is 10.6 Å². The van der Waals surface area contributed by atoms with Crippen molar-refractivity contribution in [2.75, 3.05) is 5.32 Å². The Balaban J connectivity index is 1.99. The molecule has 2 aromatic rings. The number of para-hydroxylation sites is 1. The van der Waals surface area contributed by atoms with Crippen molar-refractivity contribution >= 4 is 17.5 Å². The number of halogens is 2. The summed E-state index contributed by atoms with van der Waals surface area (Å²) < 4.78 is 26.5. The van der Waals surface area contributed by atoms with Gasteiger partial charge in [-0.3, -0.25) is 9.59 Å². The fourth-order valence-corrected chi connectivity index (χ4v) is 1.78. The molecule has 0 unspecified atom stereocenters. The molecular formula is C16H14F2N2O2. The van der Waals surface area contributed by atoms with Gasteiger partial charge in [0.15, 0.2) is 0 Å². The lowest BCUT2D eigenvalue weighted by Gasteiger charge is -2.14. The first kappa shape index (κ1) is 15.6. The quantitative estimate of drug-likeness (QED) is 0.912. The molecule has 0 aliphatic heterocycles. The second-order valence-corrected chi connectivity index (χ2v) is 4.67. The van der Waals surface area contributed by atoms with E-state index in [2.05, 4.69) is 10.6 Å². The molecule has 0 saturated carbocycles. The minimum Gasteiger partial charge on any atom is -0.341 e. The van der Waals surface area contributed by atoms with Crippen LogP contribution in [0.4, 0.5) is 14.5 Å². The van der Waals surface area contributed by atoms with E-state index in [1.165, 1.54) is 43.3 Å². The highest BCUT2D eigenvalue weighted by molar-refractivity contribution is 6.00. The van der Waals surface area contributed by atoms with E-state index >= 15 is 0 Å². The Labute approximate surface area is 126 Å². The fraction of sp³-hybridized carbons (Fsp3) is 0.125. The van der Waals surface area contributed by atoms with Gasteiger partial charge in [0.1, 0.15) is 17.7 Å². The summed E-state index contributed by atoms with van der Waals surface area (Å²) >= 11 is 0. The highest BCUT2D eigenvalue weighted by Gasteiger charge is 2.18. The summed E-state index contributed by atoms with van der Waals surface area (Å²) in [6, 6.07) is 9.90. The van der Waals surface area contributed by atoms with Crippen LogP contribution in [-0.2, 0) is 4.79 Å². The molecule has 0 heterocycles. The first-order chi connectivity index (χ1) is 10.5. The minimum atomic E-state index is -0.907. The van der Waals surface area contributed by atoms with Gasteiger partial charge in [-0.15, -0.1) is 0 Å². The minimum absolute atomic E-state index is 0.0272. The summed E-state index contributed by atoms with van der Waals surface area (Å²) in [6.07, 6.45) is 0. The van der Waals surface area contributed by atoms with Crippen molar-refractivity contribution in [3.63, 3.8) is 0 Å². The summed E-state index contributed by atoms with van der Waals surface area (Å²) in [5.74, 6) is -2.28. The van der Waals surface area contributed by atoms with Gasteiger partial charge in [-0.25, -0.2) is 8.78 Å². The molecule has 0 aromatic heterocycles. The maximum atomic E-state index is 13.4. The van der Waals surface area contributed by atoms with Crippen LogP contribution in [0.15, 0.2) is 48.5 Å². The molecule has 0 aliphatic rings. The van der Waals surface area contributed by atoms with Crippen molar-refractivity contribution in [3.8, 4) is 0 Å². The molecule has 4 nitrogen and oxygen atoms in total. The number of carbonyl (C=O) groups excluding carboxylic acids is 2. The number of carbonyl (C=O) groups is 2. The average molecular weight is 304 g/mol. The molecule has 0 aliphatic carbocycles. The van der Waals surface area contributed by atoms with Gasteiger partial charge in [-0.05, 0) is 37.3 Å². The fourth-order valence-electron chi connectivity index (χ4n) is 1.78. The van der Waals surface area contributed by atoms with Crippen LogP contribution in [0.2, 0.25) is 0 Å². The smallest absolute Gasteiger partial charge is 0.252 e. The molecule has 22 heavy (non-hydrogen) atoms. The van der Waals surface area contributed by atoms with Gasteiger partial charge in [-0.1, -0.05) is 18.2 Å². The first-order valence-corrected chi connectivity index (χ1v) is 6.59. The number of rotatable bonds is 4. The van der Waals surface area contributed by atoms with Gasteiger partial charge in [0.05, 0.1) is 5.69 Å². The van der Waals surface area contributed by atoms with Crippen LogP contribution in [0.3, 0.4) is 0 Å². The lowest BCUT2D eigenvalue weighted by molar-refractivity contribution is -0.117. The predicted molar refractivity (Wildman–Crippen MR) is 78.4 cm³/mol. The van der Waals surface area contributed by atoms with Crippen LogP contribution in [0.1, 0.15) is 17.3 Å². The van der Waals surface area contributed by atoms with E-state index in [1.54, 1.807) is 6.07 Å².